The number of likely N-dealkylation sites (tertiary alicyclic amines) is 1. The first-order chi connectivity index (χ1) is 11.0. The summed E-state index contributed by atoms with van der Waals surface area (Å²) in [5, 5.41) is 3.17. The van der Waals surface area contributed by atoms with Crippen molar-refractivity contribution < 1.29 is 9.59 Å². The van der Waals surface area contributed by atoms with Gasteiger partial charge in [-0.3, -0.25) is 9.59 Å². The zero-order valence-electron chi connectivity index (χ0n) is 13.6. The molecule has 0 bridgehead atoms. The number of carbonyl (C=O) groups excluding carboxylic acids is 2. The van der Waals surface area contributed by atoms with E-state index in [4.69, 9.17) is 23.2 Å². The van der Waals surface area contributed by atoms with E-state index in [0.717, 1.165) is 38.9 Å². The Kier molecular flexibility index (Phi) is 9.60. The molecule has 1 aromatic heterocycles. The summed E-state index contributed by atoms with van der Waals surface area (Å²) in [6.45, 7) is 2.62. The number of hydrogen-bond acceptors (Lipinski definition) is 4. The normalized spacial score (nSPS) is 15.2. The number of thiophene rings is 1. The number of piperidine rings is 1. The van der Waals surface area contributed by atoms with E-state index < -0.39 is 0 Å². The van der Waals surface area contributed by atoms with Crippen molar-refractivity contribution in [3.63, 3.8) is 0 Å². The fourth-order valence-electron chi connectivity index (χ4n) is 2.86. The van der Waals surface area contributed by atoms with Crippen LogP contribution in [0.15, 0.2) is 6.07 Å². The fourth-order valence-corrected chi connectivity index (χ4v) is 4.36. The average molecular weight is 414 g/mol. The Hall–Kier alpha value is -0.330. The molecule has 0 aliphatic carbocycles. The Labute approximate surface area is 163 Å². The van der Waals surface area contributed by atoms with Gasteiger partial charge >= 0.3 is 0 Å². The van der Waals surface area contributed by atoms with Gasteiger partial charge in [-0.15, -0.1) is 23.7 Å². The topological polar surface area (TPSA) is 49.4 Å². The largest absolute Gasteiger partial charge is 0.343 e. The molecular weight excluding hydrogens is 391 g/mol. The lowest BCUT2D eigenvalue weighted by atomic mass is 9.93. The summed E-state index contributed by atoms with van der Waals surface area (Å²) >= 11 is 13.0. The highest BCUT2D eigenvalue weighted by Gasteiger charge is 2.23. The summed E-state index contributed by atoms with van der Waals surface area (Å²) in [6, 6.07) is 1.58. The van der Waals surface area contributed by atoms with Crippen LogP contribution in [0.2, 0.25) is 8.67 Å². The molecule has 1 amide bonds. The van der Waals surface area contributed by atoms with Gasteiger partial charge in [0.05, 0.1) is 4.34 Å². The van der Waals surface area contributed by atoms with Crippen LogP contribution in [0.4, 0.5) is 0 Å². The van der Waals surface area contributed by atoms with Crippen molar-refractivity contribution in [1.82, 2.24) is 10.2 Å². The van der Waals surface area contributed by atoms with Gasteiger partial charge < -0.3 is 10.2 Å². The molecule has 2 rings (SSSR count). The summed E-state index contributed by atoms with van der Waals surface area (Å²) < 4.78 is 0.895. The molecule has 4 nitrogen and oxygen atoms in total. The van der Waals surface area contributed by atoms with E-state index in [-0.39, 0.29) is 36.9 Å². The lowest BCUT2D eigenvalue weighted by Crippen LogP contribution is -2.39. The van der Waals surface area contributed by atoms with E-state index >= 15 is 0 Å². The van der Waals surface area contributed by atoms with Gasteiger partial charge in [0, 0.05) is 31.5 Å². The van der Waals surface area contributed by atoms with E-state index in [1.165, 1.54) is 11.3 Å². The standard InChI is InChI=1S/C16H22Cl2N2O2S.ClH/c1-19-7-4-11-5-8-20(9-6-11)15(22)3-2-13(21)12-10-14(17)23-16(12)18;/h10-11,19H,2-9H2,1H3;1H. The minimum absolute atomic E-state index is 0. The van der Waals surface area contributed by atoms with Crippen molar-refractivity contribution in [1.29, 1.82) is 0 Å². The van der Waals surface area contributed by atoms with Crippen LogP contribution in [-0.2, 0) is 4.79 Å². The first kappa shape index (κ1) is 21.7. The number of ketones is 1. The van der Waals surface area contributed by atoms with Crippen molar-refractivity contribution >= 4 is 58.6 Å². The molecule has 24 heavy (non-hydrogen) atoms. The van der Waals surface area contributed by atoms with Crippen LogP contribution in [0.1, 0.15) is 42.5 Å². The monoisotopic (exact) mass is 412 g/mol. The van der Waals surface area contributed by atoms with Crippen molar-refractivity contribution in [3.05, 3.63) is 20.3 Å². The Balaban J connectivity index is 0.00000288. The predicted molar refractivity (Wildman–Crippen MR) is 103 cm³/mol. The van der Waals surface area contributed by atoms with Crippen LogP contribution in [0, 0.1) is 5.92 Å². The summed E-state index contributed by atoms with van der Waals surface area (Å²) in [7, 11) is 1.96. The van der Waals surface area contributed by atoms with Crippen molar-refractivity contribution in [3.8, 4) is 0 Å². The minimum atomic E-state index is -0.115. The second-order valence-electron chi connectivity index (χ2n) is 5.88. The number of Topliss-reactive ketones (excluding diaryl/α,β-unsaturated/α-hetero) is 1. The summed E-state index contributed by atoms with van der Waals surface area (Å²) in [5.74, 6) is 0.637. The molecule has 1 fully saturated rings. The van der Waals surface area contributed by atoms with Gasteiger partial charge in [0.1, 0.15) is 4.34 Å². The second-order valence-corrected chi connectivity index (χ2v) is 8.16. The molecule has 0 radical (unpaired) electrons. The van der Waals surface area contributed by atoms with E-state index in [2.05, 4.69) is 5.32 Å². The molecule has 2 heterocycles. The SMILES string of the molecule is CNCCC1CCN(C(=O)CCC(=O)c2cc(Cl)sc2Cl)CC1.Cl. The third-order valence-corrected chi connectivity index (χ3v) is 5.78. The summed E-state index contributed by atoms with van der Waals surface area (Å²) in [5.41, 5.74) is 0.431. The maximum Gasteiger partial charge on any atom is 0.223 e. The van der Waals surface area contributed by atoms with E-state index in [9.17, 15) is 9.59 Å². The maximum atomic E-state index is 12.2. The third-order valence-electron chi connectivity index (χ3n) is 4.29. The molecule has 136 valence electrons. The minimum Gasteiger partial charge on any atom is -0.343 e. The van der Waals surface area contributed by atoms with Crippen LogP contribution >= 0.6 is 46.9 Å². The number of nitrogens with one attached hydrogen (secondary N) is 1. The molecule has 1 N–H and O–H groups in total. The molecular formula is C16H23Cl3N2O2S. The van der Waals surface area contributed by atoms with Gasteiger partial charge in [-0.1, -0.05) is 23.2 Å². The third kappa shape index (κ3) is 6.19. The molecule has 0 aromatic carbocycles. The molecule has 1 saturated heterocycles. The lowest BCUT2D eigenvalue weighted by Gasteiger charge is -2.32. The van der Waals surface area contributed by atoms with E-state index in [1.807, 2.05) is 11.9 Å². The van der Waals surface area contributed by atoms with Gasteiger partial charge in [-0.25, -0.2) is 0 Å². The summed E-state index contributed by atoms with van der Waals surface area (Å²) in [4.78, 5) is 26.3. The quantitative estimate of drug-likeness (QED) is 0.678. The van der Waals surface area contributed by atoms with Gasteiger partial charge in [0.15, 0.2) is 5.78 Å². The molecule has 0 atom stereocenters. The zero-order chi connectivity index (χ0) is 16.8. The maximum absolute atomic E-state index is 12.2. The van der Waals surface area contributed by atoms with Crippen LogP contribution in [0.5, 0.6) is 0 Å². The van der Waals surface area contributed by atoms with Crippen molar-refractivity contribution in [2.24, 2.45) is 5.92 Å². The number of carbonyl (C=O) groups is 2. The number of rotatable bonds is 7. The highest BCUT2D eigenvalue weighted by molar-refractivity contribution is 7.20. The number of hydrogen-bond donors (Lipinski definition) is 1. The predicted octanol–water partition coefficient (Wildman–Crippen LogP) is 4.29. The Morgan fingerprint density at radius 2 is 1.96 bits per heavy atom. The number of amides is 1. The van der Waals surface area contributed by atoms with Crippen LogP contribution in [0.3, 0.4) is 0 Å². The molecule has 1 aromatic rings. The van der Waals surface area contributed by atoms with Crippen LogP contribution < -0.4 is 5.32 Å². The molecule has 0 spiro atoms. The Morgan fingerprint density at radius 1 is 1.29 bits per heavy atom. The number of halogens is 3. The highest BCUT2D eigenvalue weighted by atomic mass is 35.5. The fraction of sp³-hybridized carbons (Fsp3) is 0.625. The smallest absolute Gasteiger partial charge is 0.223 e. The number of nitrogens with zero attached hydrogens (tertiary/aromatic N) is 1. The Morgan fingerprint density at radius 3 is 2.50 bits per heavy atom. The lowest BCUT2D eigenvalue weighted by molar-refractivity contribution is -0.132. The molecule has 8 heteroatoms. The van der Waals surface area contributed by atoms with Crippen molar-refractivity contribution in [2.45, 2.75) is 32.1 Å². The van der Waals surface area contributed by atoms with E-state index in [1.54, 1.807) is 6.07 Å². The first-order valence-corrected chi connectivity index (χ1v) is 9.49. The second kappa shape index (κ2) is 10.6. The molecule has 1 aliphatic heterocycles. The van der Waals surface area contributed by atoms with Crippen LogP contribution in [-0.4, -0.2) is 43.3 Å². The van der Waals surface area contributed by atoms with E-state index in [0.29, 0.717) is 20.2 Å². The van der Waals surface area contributed by atoms with Crippen LogP contribution in [0.25, 0.3) is 0 Å². The van der Waals surface area contributed by atoms with Crippen molar-refractivity contribution in [2.75, 3.05) is 26.7 Å². The zero-order valence-corrected chi connectivity index (χ0v) is 16.8. The molecule has 0 saturated carbocycles. The van der Waals surface area contributed by atoms with Gasteiger partial charge in [0.2, 0.25) is 5.91 Å². The Bertz CT molecular complexity index is 558. The highest BCUT2D eigenvalue weighted by Crippen LogP contribution is 2.32. The summed E-state index contributed by atoms with van der Waals surface area (Å²) in [6.07, 6.45) is 3.68. The first-order valence-electron chi connectivity index (χ1n) is 7.91. The van der Waals surface area contributed by atoms with Gasteiger partial charge in [-0.05, 0) is 44.8 Å². The van der Waals surface area contributed by atoms with Gasteiger partial charge in [0.25, 0.3) is 0 Å². The molecule has 0 unspecified atom stereocenters. The molecule has 1 aliphatic rings. The van der Waals surface area contributed by atoms with Gasteiger partial charge in [-0.2, -0.15) is 0 Å². The average Bonchev–Trinajstić information content (AvgIpc) is 2.89.